The number of pyridine rings is 2. The molecule has 0 saturated carbocycles. The van der Waals surface area contributed by atoms with Crippen LogP contribution >= 0.6 is 27.5 Å². The number of rotatable bonds is 3. The summed E-state index contributed by atoms with van der Waals surface area (Å²) in [6.45, 7) is 1.48. The van der Waals surface area contributed by atoms with Gasteiger partial charge < -0.3 is 10.1 Å². The highest BCUT2D eigenvalue weighted by molar-refractivity contribution is 9.10. The monoisotopic (exact) mass is 525 g/mol. The Kier molecular flexibility index (Phi) is 6.39. The number of aromatic nitrogens is 2. The van der Waals surface area contributed by atoms with Crippen LogP contribution in [0.3, 0.4) is 0 Å². The summed E-state index contributed by atoms with van der Waals surface area (Å²) in [5.41, 5.74) is 5.96. The molecule has 5 nitrogen and oxygen atoms in total. The van der Waals surface area contributed by atoms with Crippen LogP contribution in [-0.4, -0.2) is 28.9 Å². The fourth-order valence-electron chi connectivity index (χ4n) is 5.29. The molecular formula is C26H25BrClN3O2. The van der Waals surface area contributed by atoms with Crippen LogP contribution in [0, 0.1) is 11.1 Å². The number of halogens is 2. The molecule has 1 aliphatic heterocycles. The van der Waals surface area contributed by atoms with Crippen LogP contribution in [0.2, 0.25) is 5.02 Å². The molecule has 5 rings (SSSR count). The van der Waals surface area contributed by atoms with Crippen molar-refractivity contribution >= 4 is 33.4 Å². The smallest absolute Gasteiger partial charge is 0.226 e. The van der Waals surface area contributed by atoms with Crippen LogP contribution in [0.1, 0.15) is 46.7 Å². The highest BCUT2D eigenvalue weighted by Crippen LogP contribution is 2.43. The number of hydrogen-bond acceptors (Lipinski definition) is 3. The van der Waals surface area contributed by atoms with E-state index in [-0.39, 0.29) is 11.8 Å². The number of carbonyl (C=O) groups is 1. The molecule has 33 heavy (non-hydrogen) atoms. The van der Waals surface area contributed by atoms with Crippen molar-refractivity contribution in [3.63, 3.8) is 0 Å². The Morgan fingerprint density at radius 2 is 1.85 bits per heavy atom. The van der Waals surface area contributed by atoms with Gasteiger partial charge in [-0.1, -0.05) is 17.7 Å². The van der Waals surface area contributed by atoms with Crippen molar-refractivity contribution in [2.75, 3.05) is 13.1 Å². The van der Waals surface area contributed by atoms with Gasteiger partial charge in [-0.15, -0.1) is 0 Å². The van der Waals surface area contributed by atoms with Crippen molar-refractivity contribution in [1.29, 1.82) is 0 Å². The van der Waals surface area contributed by atoms with Gasteiger partial charge in [0, 0.05) is 46.8 Å². The summed E-state index contributed by atoms with van der Waals surface area (Å²) in [6, 6.07) is 11.9. The lowest BCUT2D eigenvalue weighted by molar-refractivity contribution is -0.605. The van der Waals surface area contributed by atoms with Crippen molar-refractivity contribution in [2.45, 2.75) is 38.0 Å². The molecule has 3 heterocycles. The Hall–Kier alpha value is -2.44. The molecule has 7 heteroatoms. The lowest BCUT2D eigenvalue weighted by Gasteiger charge is -2.37. The number of fused-ring (bicyclic) bond motifs is 2. The normalized spacial score (nSPS) is 18.4. The minimum Gasteiger partial charge on any atom is -0.619 e. The fraction of sp³-hybridized carbons (Fsp3) is 0.346. The maximum atomic E-state index is 12.9. The Morgan fingerprint density at radius 3 is 2.61 bits per heavy atom. The second-order valence-corrected chi connectivity index (χ2v) is 10.3. The zero-order valence-electron chi connectivity index (χ0n) is 18.2. The Balaban J connectivity index is 1.36. The number of piperidine rings is 1. The maximum absolute atomic E-state index is 12.9. The van der Waals surface area contributed by atoms with Crippen molar-refractivity contribution < 1.29 is 9.52 Å². The molecule has 0 N–H and O–H groups in total. The average molecular weight is 527 g/mol. The van der Waals surface area contributed by atoms with Gasteiger partial charge in [0.25, 0.3) is 0 Å². The van der Waals surface area contributed by atoms with Crippen LogP contribution in [0.5, 0.6) is 0 Å². The number of likely N-dealkylation sites (tertiary alicyclic amines) is 1. The van der Waals surface area contributed by atoms with Gasteiger partial charge in [-0.05, 0) is 88.0 Å². The molecule has 0 radical (unpaired) electrons. The van der Waals surface area contributed by atoms with Crippen LogP contribution in [0.4, 0.5) is 0 Å². The van der Waals surface area contributed by atoms with Crippen molar-refractivity contribution in [3.05, 3.63) is 97.6 Å². The zero-order chi connectivity index (χ0) is 22.9. The Bertz CT molecular complexity index is 1120. The van der Waals surface area contributed by atoms with E-state index in [1.54, 1.807) is 12.1 Å². The molecule has 3 aromatic rings. The summed E-state index contributed by atoms with van der Waals surface area (Å²) in [4.78, 5) is 19.7. The number of benzene rings is 1. The topological polar surface area (TPSA) is 60.1 Å². The minimum absolute atomic E-state index is 0.118. The SMILES string of the molecule is O=C(Cc1cc[n+]([O-])cc1)N1CCC([C@@H]2c3ccc(Cl)cc3CCc3cc(Br)cnc32)CC1. The van der Waals surface area contributed by atoms with Crippen LogP contribution < -0.4 is 4.73 Å². The summed E-state index contributed by atoms with van der Waals surface area (Å²) in [7, 11) is 0. The first kappa shape index (κ1) is 22.4. The summed E-state index contributed by atoms with van der Waals surface area (Å²) >= 11 is 9.93. The predicted octanol–water partition coefficient (Wildman–Crippen LogP) is 4.84. The Morgan fingerprint density at radius 1 is 1.12 bits per heavy atom. The first-order valence-corrected chi connectivity index (χ1v) is 12.5. The Labute approximate surface area is 207 Å². The minimum atomic E-state index is 0.118. The quantitative estimate of drug-likeness (QED) is 0.362. The van der Waals surface area contributed by atoms with Gasteiger partial charge in [0.2, 0.25) is 5.91 Å². The lowest BCUT2D eigenvalue weighted by atomic mass is 9.76. The van der Waals surface area contributed by atoms with E-state index < -0.39 is 0 Å². The molecule has 2 aliphatic rings. The van der Waals surface area contributed by atoms with E-state index in [0.29, 0.717) is 12.3 Å². The number of amides is 1. The number of nitrogens with zero attached hydrogens (tertiary/aromatic N) is 3. The van der Waals surface area contributed by atoms with Gasteiger partial charge in [-0.3, -0.25) is 9.78 Å². The third-order valence-electron chi connectivity index (χ3n) is 6.96. The molecule has 1 amide bonds. The van der Waals surface area contributed by atoms with E-state index in [1.165, 1.54) is 34.8 Å². The summed E-state index contributed by atoms with van der Waals surface area (Å²) < 4.78 is 1.74. The highest BCUT2D eigenvalue weighted by atomic mass is 79.9. The van der Waals surface area contributed by atoms with Crippen LogP contribution in [-0.2, 0) is 24.1 Å². The van der Waals surface area contributed by atoms with E-state index in [1.807, 2.05) is 17.2 Å². The van der Waals surface area contributed by atoms with Gasteiger partial charge in [0.05, 0.1) is 12.1 Å². The molecule has 2 aromatic heterocycles. The molecule has 0 spiro atoms. The van der Waals surface area contributed by atoms with Gasteiger partial charge in [0.15, 0.2) is 12.4 Å². The third-order valence-corrected chi connectivity index (χ3v) is 7.63. The van der Waals surface area contributed by atoms with Gasteiger partial charge in [0.1, 0.15) is 0 Å². The van der Waals surface area contributed by atoms with Crippen LogP contribution in [0.15, 0.2) is 59.5 Å². The third kappa shape index (κ3) is 4.78. The average Bonchev–Trinajstić information content (AvgIpc) is 2.97. The van der Waals surface area contributed by atoms with Gasteiger partial charge in [-0.2, -0.15) is 4.73 Å². The summed E-state index contributed by atoms with van der Waals surface area (Å²) in [6.07, 6.45) is 8.88. The van der Waals surface area contributed by atoms with E-state index in [0.717, 1.165) is 58.6 Å². The molecule has 170 valence electrons. The number of aryl methyl sites for hydroxylation is 2. The number of hydrogen-bond donors (Lipinski definition) is 0. The number of carbonyl (C=O) groups excluding carboxylic acids is 1. The molecular weight excluding hydrogens is 502 g/mol. The summed E-state index contributed by atoms with van der Waals surface area (Å²) in [5, 5.41) is 12.0. The zero-order valence-corrected chi connectivity index (χ0v) is 20.6. The second-order valence-electron chi connectivity index (χ2n) is 8.98. The molecule has 1 atom stereocenters. The standard InChI is InChI=1S/C26H25BrClN3O2/c27-21-14-20-2-1-19-15-22(28)3-4-23(19)25(26(20)29-16-21)18-7-9-30(10-8-18)24(32)13-17-5-11-31(33)12-6-17/h3-6,11-12,14-16,18,25H,1-2,7-10,13H2/t25-/m1/s1. The van der Waals surface area contributed by atoms with E-state index in [4.69, 9.17) is 16.6 Å². The molecule has 0 unspecified atom stereocenters. The van der Waals surface area contributed by atoms with Gasteiger partial charge >= 0.3 is 0 Å². The van der Waals surface area contributed by atoms with E-state index >= 15 is 0 Å². The first-order chi connectivity index (χ1) is 16.0. The van der Waals surface area contributed by atoms with Crippen molar-refractivity contribution in [1.82, 2.24) is 9.88 Å². The largest absolute Gasteiger partial charge is 0.619 e. The van der Waals surface area contributed by atoms with Crippen molar-refractivity contribution in [3.8, 4) is 0 Å². The van der Waals surface area contributed by atoms with Crippen LogP contribution in [0.25, 0.3) is 0 Å². The first-order valence-electron chi connectivity index (χ1n) is 11.4. The molecule has 1 saturated heterocycles. The van der Waals surface area contributed by atoms with E-state index in [9.17, 15) is 10.0 Å². The molecule has 1 fully saturated rings. The predicted molar refractivity (Wildman–Crippen MR) is 131 cm³/mol. The van der Waals surface area contributed by atoms with Crippen molar-refractivity contribution in [2.24, 2.45) is 5.92 Å². The van der Waals surface area contributed by atoms with E-state index in [2.05, 4.69) is 34.1 Å². The fourth-order valence-corrected chi connectivity index (χ4v) is 5.86. The highest BCUT2D eigenvalue weighted by Gasteiger charge is 2.35. The lowest BCUT2D eigenvalue weighted by Crippen LogP contribution is -2.41. The summed E-state index contributed by atoms with van der Waals surface area (Å²) in [5.74, 6) is 0.741. The maximum Gasteiger partial charge on any atom is 0.226 e. The molecule has 0 bridgehead atoms. The second kappa shape index (κ2) is 9.43. The molecule has 1 aromatic carbocycles. The van der Waals surface area contributed by atoms with Gasteiger partial charge in [-0.25, -0.2) is 0 Å². The molecule has 1 aliphatic carbocycles.